The van der Waals surface area contributed by atoms with Gasteiger partial charge < -0.3 is 0 Å². The SMILES string of the molecule is CCCN(CC(=O)c1sccc1Br)CC1CC1. The molecule has 0 amide bonds. The molecule has 2 rings (SSSR count). The van der Waals surface area contributed by atoms with E-state index in [1.54, 1.807) is 0 Å². The molecule has 0 aromatic carbocycles. The number of ketones is 1. The Morgan fingerprint density at radius 3 is 2.88 bits per heavy atom. The van der Waals surface area contributed by atoms with E-state index in [1.807, 2.05) is 11.4 Å². The van der Waals surface area contributed by atoms with E-state index in [1.165, 1.54) is 24.2 Å². The molecular formula is C13H18BrNOS. The summed E-state index contributed by atoms with van der Waals surface area (Å²) in [5, 5.41) is 1.96. The van der Waals surface area contributed by atoms with Gasteiger partial charge >= 0.3 is 0 Å². The minimum atomic E-state index is 0.251. The first-order valence-corrected chi connectivity index (χ1v) is 7.86. The van der Waals surface area contributed by atoms with Crippen molar-refractivity contribution in [3.8, 4) is 0 Å². The minimum absolute atomic E-state index is 0.251. The molecule has 1 aliphatic rings. The Labute approximate surface area is 115 Å². The van der Waals surface area contributed by atoms with Crippen LogP contribution in [0.3, 0.4) is 0 Å². The summed E-state index contributed by atoms with van der Waals surface area (Å²) in [7, 11) is 0. The van der Waals surface area contributed by atoms with E-state index in [0.717, 1.165) is 34.8 Å². The molecule has 94 valence electrons. The van der Waals surface area contributed by atoms with Gasteiger partial charge in [-0.25, -0.2) is 0 Å². The van der Waals surface area contributed by atoms with Crippen molar-refractivity contribution >= 4 is 33.0 Å². The van der Waals surface area contributed by atoms with Gasteiger partial charge in [-0.15, -0.1) is 11.3 Å². The van der Waals surface area contributed by atoms with E-state index >= 15 is 0 Å². The smallest absolute Gasteiger partial charge is 0.187 e. The van der Waals surface area contributed by atoms with Gasteiger partial charge in [-0.05, 0) is 59.1 Å². The van der Waals surface area contributed by atoms with Gasteiger partial charge in [0, 0.05) is 11.0 Å². The Balaban J connectivity index is 1.92. The van der Waals surface area contributed by atoms with Crippen molar-refractivity contribution in [2.45, 2.75) is 26.2 Å². The Morgan fingerprint density at radius 2 is 2.35 bits per heavy atom. The first-order valence-electron chi connectivity index (χ1n) is 6.19. The average Bonchev–Trinajstić information content (AvgIpc) is 2.98. The van der Waals surface area contributed by atoms with Crippen molar-refractivity contribution in [3.63, 3.8) is 0 Å². The largest absolute Gasteiger partial charge is 0.296 e. The van der Waals surface area contributed by atoms with E-state index in [0.29, 0.717) is 6.54 Å². The van der Waals surface area contributed by atoms with Gasteiger partial charge in [0.2, 0.25) is 0 Å². The van der Waals surface area contributed by atoms with E-state index in [9.17, 15) is 4.79 Å². The van der Waals surface area contributed by atoms with Crippen LogP contribution in [0.15, 0.2) is 15.9 Å². The Morgan fingerprint density at radius 1 is 1.59 bits per heavy atom. The molecule has 0 unspecified atom stereocenters. The summed E-state index contributed by atoms with van der Waals surface area (Å²) in [4.78, 5) is 15.3. The Bertz CT molecular complexity index is 387. The van der Waals surface area contributed by atoms with Crippen LogP contribution in [-0.4, -0.2) is 30.3 Å². The molecule has 0 saturated heterocycles. The number of rotatable bonds is 7. The highest BCUT2D eigenvalue weighted by atomic mass is 79.9. The van der Waals surface area contributed by atoms with Crippen LogP contribution in [0, 0.1) is 5.92 Å². The van der Waals surface area contributed by atoms with Crippen LogP contribution in [0.4, 0.5) is 0 Å². The van der Waals surface area contributed by atoms with Crippen molar-refractivity contribution < 1.29 is 4.79 Å². The minimum Gasteiger partial charge on any atom is -0.296 e. The third-order valence-electron chi connectivity index (χ3n) is 2.99. The average molecular weight is 316 g/mol. The third-order valence-corrected chi connectivity index (χ3v) is 4.87. The molecule has 1 aliphatic carbocycles. The highest BCUT2D eigenvalue weighted by molar-refractivity contribution is 9.10. The van der Waals surface area contributed by atoms with Gasteiger partial charge in [-0.1, -0.05) is 6.92 Å². The van der Waals surface area contributed by atoms with Crippen molar-refractivity contribution in [2.75, 3.05) is 19.6 Å². The van der Waals surface area contributed by atoms with Crippen LogP contribution in [0.25, 0.3) is 0 Å². The number of carbonyl (C=O) groups is 1. The maximum absolute atomic E-state index is 12.2. The van der Waals surface area contributed by atoms with Crippen LogP contribution >= 0.6 is 27.3 Å². The molecule has 0 spiro atoms. The van der Waals surface area contributed by atoms with Gasteiger partial charge in [0.1, 0.15) is 0 Å². The molecule has 0 N–H and O–H groups in total. The van der Waals surface area contributed by atoms with Crippen molar-refractivity contribution in [2.24, 2.45) is 5.92 Å². The lowest BCUT2D eigenvalue weighted by Crippen LogP contribution is -2.32. The zero-order valence-electron chi connectivity index (χ0n) is 10.1. The summed E-state index contributed by atoms with van der Waals surface area (Å²) < 4.78 is 0.940. The Hall–Kier alpha value is -0.190. The molecular weight excluding hydrogens is 298 g/mol. The number of hydrogen-bond acceptors (Lipinski definition) is 3. The molecule has 0 atom stereocenters. The number of hydrogen-bond donors (Lipinski definition) is 0. The molecule has 4 heteroatoms. The number of nitrogens with zero attached hydrogens (tertiary/aromatic N) is 1. The predicted octanol–water partition coefficient (Wildman–Crippen LogP) is 3.82. The number of Topliss-reactive ketones (excluding diaryl/α,β-unsaturated/α-hetero) is 1. The van der Waals surface area contributed by atoms with E-state index in [-0.39, 0.29) is 5.78 Å². The first-order chi connectivity index (χ1) is 8.20. The van der Waals surface area contributed by atoms with Crippen LogP contribution < -0.4 is 0 Å². The van der Waals surface area contributed by atoms with E-state index < -0.39 is 0 Å². The highest BCUT2D eigenvalue weighted by Gasteiger charge is 2.25. The topological polar surface area (TPSA) is 20.3 Å². The summed E-state index contributed by atoms with van der Waals surface area (Å²) in [5.74, 6) is 1.10. The fourth-order valence-corrected chi connectivity index (χ4v) is 3.51. The number of carbonyl (C=O) groups excluding carboxylic acids is 1. The molecule has 0 bridgehead atoms. The van der Waals surface area contributed by atoms with Gasteiger partial charge in [-0.3, -0.25) is 9.69 Å². The van der Waals surface area contributed by atoms with Gasteiger partial charge in [0.25, 0.3) is 0 Å². The normalized spacial score (nSPS) is 15.5. The molecule has 17 heavy (non-hydrogen) atoms. The first kappa shape index (κ1) is 13.2. The van der Waals surface area contributed by atoms with E-state index in [2.05, 4.69) is 27.8 Å². The second-order valence-corrected chi connectivity index (χ2v) is 6.47. The quantitative estimate of drug-likeness (QED) is 0.713. The van der Waals surface area contributed by atoms with Crippen LogP contribution in [0.2, 0.25) is 0 Å². The summed E-state index contributed by atoms with van der Waals surface area (Å²) >= 11 is 4.96. The monoisotopic (exact) mass is 315 g/mol. The lowest BCUT2D eigenvalue weighted by molar-refractivity contribution is 0.0930. The van der Waals surface area contributed by atoms with Crippen molar-refractivity contribution in [1.29, 1.82) is 0 Å². The molecule has 0 radical (unpaired) electrons. The van der Waals surface area contributed by atoms with Crippen molar-refractivity contribution in [1.82, 2.24) is 4.90 Å². The second-order valence-electron chi connectivity index (χ2n) is 4.70. The summed E-state index contributed by atoms with van der Waals surface area (Å²) in [6, 6.07) is 1.95. The van der Waals surface area contributed by atoms with Gasteiger partial charge in [0.05, 0.1) is 11.4 Å². The maximum Gasteiger partial charge on any atom is 0.187 e. The molecule has 1 fully saturated rings. The fraction of sp³-hybridized carbons (Fsp3) is 0.615. The Kier molecular flexibility index (Phi) is 4.77. The zero-order valence-corrected chi connectivity index (χ0v) is 12.5. The molecule has 1 saturated carbocycles. The number of halogens is 1. The molecule has 1 aromatic heterocycles. The summed E-state index contributed by atoms with van der Waals surface area (Å²) in [6.45, 7) is 4.88. The van der Waals surface area contributed by atoms with Crippen LogP contribution in [-0.2, 0) is 0 Å². The molecule has 2 nitrogen and oxygen atoms in total. The lowest BCUT2D eigenvalue weighted by Gasteiger charge is -2.20. The molecule has 1 heterocycles. The van der Waals surface area contributed by atoms with Gasteiger partial charge in [0.15, 0.2) is 5.78 Å². The standard InChI is InChI=1S/C13H18BrNOS/c1-2-6-15(8-10-3-4-10)9-12(16)13-11(14)5-7-17-13/h5,7,10H,2-4,6,8-9H2,1H3. The van der Waals surface area contributed by atoms with Crippen LogP contribution in [0.1, 0.15) is 35.9 Å². The number of thiophene rings is 1. The fourth-order valence-electron chi connectivity index (χ4n) is 1.98. The summed E-state index contributed by atoms with van der Waals surface area (Å²) in [5.41, 5.74) is 0. The van der Waals surface area contributed by atoms with Crippen LogP contribution in [0.5, 0.6) is 0 Å². The second kappa shape index (κ2) is 6.12. The third kappa shape index (κ3) is 3.90. The summed E-state index contributed by atoms with van der Waals surface area (Å²) in [6.07, 6.45) is 3.81. The van der Waals surface area contributed by atoms with Crippen molar-refractivity contribution in [3.05, 3.63) is 20.8 Å². The van der Waals surface area contributed by atoms with E-state index in [4.69, 9.17) is 0 Å². The maximum atomic E-state index is 12.2. The van der Waals surface area contributed by atoms with Gasteiger partial charge in [-0.2, -0.15) is 0 Å². The zero-order chi connectivity index (χ0) is 12.3. The molecule has 1 aromatic rings. The highest BCUT2D eigenvalue weighted by Crippen LogP contribution is 2.30. The molecule has 0 aliphatic heterocycles. The predicted molar refractivity (Wildman–Crippen MR) is 75.8 cm³/mol. The lowest BCUT2D eigenvalue weighted by atomic mass is 10.2.